The van der Waals surface area contributed by atoms with Gasteiger partial charge < -0.3 is 53.1 Å². The number of ether oxygens (including phenoxy) is 5. The maximum absolute atomic E-state index is 13.3. The summed E-state index contributed by atoms with van der Waals surface area (Å²) in [5.74, 6) is 0.428. The summed E-state index contributed by atoms with van der Waals surface area (Å²) >= 11 is 4.60. The molecule has 0 N–H and O–H groups in total. The molecule has 4 heterocycles. The molecule has 6 unspecified atom stereocenters. The van der Waals surface area contributed by atoms with Gasteiger partial charge in [0.1, 0.15) is 11.2 Å². The van der Waals surface area contributed by atoms with E-state index >= 15 is 0 Å². The average Bonchev–Trinajstić information content (AvgIpc) is 1.62. The van der Waals surface area contributed by atoms with Crippen LogP contribution in [0.2, 0.25) is 0 Å². The molecule has 112 heavy (non-hydrogen) atoms. The molecule has 22 nitrogen and oxygen atoms in total. The Hall–Kier alpha value is -9.96. The zero-order chi connectivity index (χ0) is 80.3. The standard InChI is InChI=1S/C33H38N4O5.C29H33IN2O5.C26H27IN2O4/c1-33(2,3)42-32(40)37(29-16-28(29)25-13-11-24(12-14-25)27-17-34-35(4)21-27)20-23-18-36(19-23)30(38)15-8-22-6-9-26(10-7-22)31(39)41-5;1-29(2,3)37-28(35)32(25-15-24(25)21-10-12-23(30)13-11-21)18-20-16-31(17-20)26(33)14-7-19-5-8-22(9-6-19)27(34)36-4;1-17(30)29(24-13-23(24)20-8-10-22(27)11-9-20)16-19-14-28(15-19)25(31)12-5-18-3-6-21(7-4-18)26(32)33-2/h6-15,17,21,23,28-29H,16,18-20H2,1-5H3;5-14,20,24-25H,15-18H2,1-4H3;3-12,19,23-24H,13-16H2,1-2H3/b15-8+;14-7+;12-5+. The van der Waals surface area contributed by atoms with E-state index in [2.05, 4.69) is 128 Å². The van der Waals surface area contributed by atoms with Crippen LogP contribution in [0, 0.1) is 24.9 Å². The van der Waals surface area contributed by atoms with Crippen LogP contribution in [0.1, 0.15) is 150 Å². The fraction of sp³-hybridized carbons (Fsp3) is 0.386. The van der Waals surface area contributed by atoms with Crippen molar-refractivity contribution in [2.75, 3.05) is 80.2 Å². The molecule has 7 aromatic rings. The molecule has 588 valence electrons. The van der Waals surface area contributed by atoms with Crippen LogP contribution in [0.4, 0.5) is 9.59 Å². The zero-order valence-corrected chi connectivity index (χ0v) is 69.5. The van der Waals surface area contributed by atoms with Gasteiger partial charge in [-0.05, 0) is 224 Å². The maximum Gasteiger partial charge on any atom is 0.410 e. The number of benzene rings is 6. The Morgan fingerprint density at radius 2 is 0.723 bits per heavy atom. The van der Waals surface area contributed by atoms with Crippen molar-refractivity contribution >= 4 is 117 Å². The summed E-state index contributed by atoms with van der Waals surface area (Å²) in [7, 11) is 5.93. The minimum atomic E-state index is -0.591. The van der Waals surface area contributed by atoms with Crippen molar-refractivity contribution in [1.29, 1.82) is 0 Å². The second-order valence-corrected chi connectivity index (χ2v) is 34.0. The molecule has 6 atom stereocenters. The number of nitrogens with zero attached hydrogens (tertiary/aromatic N) is 8. The monoisotopic (exact) mass is 1740 g/mol. The minimum Gasteiger partial charge on any atom is -0.465 e. The first-order chi connectivity index (χ1) is 53.4. The number of likely N-dealkylation sites (tertiary alicyclic amines) is 3. The number of halogens is 2. The van der Waals surface area contributed by atoms with Crippen LogP contribution < -0.4 is 0 Å². The maximum atomic E-state index is 13.3. The average molecular weight is 1750 g/mol. The Balaban J connectivity index is 0.000000167. The van der Waals surface area contributed by atoms with E-state index in [4.69, 9.17) is 18.9 Å². The molecule has 0 bridgehead atoms. The summed E-state index contributed by atoms with van der Waals surface area (Å²) in [4.78, 5) is 122. The number of carbonyl (C=O) groups excluding carboxylic acids is 9. The number of amides is 6. The summed E-state index contributed by atoms with van der Waals surface area (Å²) in [5, 5.41) is 4.26. The highest BCUT2D eigenvalue weighted by Gasteiger charge is 2.50. The van der Waals surface area contributed by atoms with E-state index in [0.29, 0.717) is 93.3 Å². The van der Waals surface area contributed by atoms with Crippen molar-refractivity contribution in [2.45, 2.75) is 115 Å². The van der Waals surface area contributed by atoms with Gasteiger partial charge in [0.25, 0.3) is 0 Å². The van der Waals surface area contributed by atoms with E-state index < -0.39 is 23.1 Å². The number of carbonyl (C=O) groups is 9. The second kappa shape index (κ2) is 36.7. The largest absolute Gasteiger partial charge is 0.465 e. The lowest BCUT2D eigenvalue weighted by atomic mass is 9.98. The number of hydrogen-bond acceptors (Lipinski definition) is 15. The number of rotatable bonds is 22. The van der Waals surface area contributed by atoms with Gasteiger partial charge in [0.15, 0.2) is 0 Å². The normalized spacial score (nSPS) is 19.1. The van der Waals surface area contributed by atoms with Gasteiger partial charge >= 0.3 is 30.1 Å². The Labute approximate surface area is 682 Å². The molecule has 3 saturated heterocycles. The smallest absolute Gasteiger partial charge is 0.410 e. The molecule has 3 aliphatic heterocycles. The molecular weight excluding hydrogens is 1650 g/mol. The molecule has 0 radical (unpaired) electrons. The van der Waals surface area contributed by atoms with Crippen LogP contribution in [-0.4, -0.2) is 202 Å². The molecular formula is C88H98I2N8O14. The van der Waals surface area contributed by atoms with E-state index in [1.54, 1.807) is 136 Å². The Kier molecular flexibility index (Phi) is 27.2. The summed E-state index contributed by atoms with van der Waals surface area (Å²) < 4.78 is 29.8. The summed E-state index contributed by atoms with van der Waals surface area (Å²) in [6.07, 6.45) is 15.9. The van der Waals surface area contributed by atoms with Crippen LogP contribution >= 0.6 is 45.2 Å². The topological polar surface area (TPSA) is 237 Å². The van der Waals surface area contributed by atoms with Crippen LogP contribution in [0.3, 0.4) is 0 Å². The van der Waals surface area contributed by atoms with Gasteiger partial charge in [-0.25, -0.2) is 24.0 Å². The SMILES string of the molecule is COC(=O)c1ccc(/C=C/C(=O)N2CC(CN(C(=O)OC(C)(C)C)C3CC3c3ccc(-c4cnn(C)c4)cc3)C2)cc1.COC(=O)c1ccc(/C=C/C(=O)N2CC(CN(C(=O)OC(C)(C)C)C3CC3c3ccc(I)cc3)C2)cc1.COC(=O)c1ccc(/C=C/C(=O)N2CC(CN(C(C)=O)C3CC3c3ccc(I)cc3)C2)cc1. The fourth-order valence-corrected chi connectivity index (χ4v) is 14.9. The van der Waals surface area contributed by atoms with Crippen LogP contribution in [0.25, 0.3) is 29.4 Å². The van der Waals surface area contributed by atoms with Crippen molar-refractivity contribution in [1.82, 2.24) is 39.2 Å². The highest BCUT2D eigenvalue weighted by molar-refractivity contribution is 14.1. The van der Waals surface area contributed by atoms with E-state index in [1.807, 2.05) is 75.7 Å². The first-order valence-electron chi connectivity index (χ1n) is 37.7. The lowest BCUT2D eigenvalue weighted by Crippen LogP contribution is -2.55. The number of methoxy groups -OCH3 is 3. The molecule has 3 aliphatic carbocycles. The van der Waals surface area contributed by atoms with Gasteiger partial charge in [-0.2, -0.15) is 5.10 Å². The number of aryl methyl sites for hydroxylation is 1. The molecule has 6 amide bonds. The van der Waals surface area contributed by atoms with Gasteiger partial charge in [0.05, 0.1) is 44.2 Å². The second-order valence-electron chi connectivity index (χ2n) is 31.5. The van der Waals surface area contributed by atoms with Gasteiger partial charge in [-0.15, -0.1) is 0 Å². The van der Waals surface area contributed by atoms with Crippen molar-refractivity contribution in [3.05, 3.63) is 233 Å². The summed E-state index contributed by atoms with van der Waals surface area (Å²) in [6.45, 7) is 18.4. The van der Waals surface area contributed by atoms with Crippen LogP contribution in [0.5, 0.6) is 0 Å². The van der Waals surface area contributed by atoms with E-state index in [9.17, 15) is 43.2 Å². The van der Waals surface area contributed by atoms with E-state index in [-0.39, 0.29) is 77.7 Å². The Bertz CT molecular complexity index is 4610. The number of hydrogen-bond donors (Lipinski definition) is 0. The predicted octanol–water partition coefficient (Wildman–Crippen LogP) is 14.4. The Morgan fingerprint density at radius 3 is 1.00 bits per heavy atom. The highest BCUT2D eigenvalue weighted by Crippen LogP contribution is 2.48. The molecule has 6 fully saturated rings. The molecule has 0 spiro atoms. The highest BCUT2D eigenvalue weighted by atomic mass is 127. The molecule has 6 aliphatic rings. The molecule has 1 aromatic heterocycles. The molecule has 13 rings (SSSR count). The van der Waals surface area contributed by atoms with E-state index in [0.717, 1.165) is 47.1 Å². The first-order valence-corrected chi connectivity index (χ1v) is 39.9. The van der Waals surface area contributed by atoms with Gasteiger partial charge in [-0.1, -0.05) is 84.9 Å². The van der Waals surface area contributed by atoms with Crippen LogP contribution in [0.15, 0.2) is 176 Å². The molecule has 24 heteroatoms. The Morgan fingerprint density at radius 1 is 0.429 bits per heavy atom. The van der Waals surface area contributed by atoms with Crippen LogP contribution in [-0.2, 0) is 49.9 Å². The number of aromatic nitrogens is 2. The van der Waals surface area contributed by atoms with Gasteiger partial charge in [0, 0.05) is 164 Å². The quantitative estimate of drug-likeness (QED) is 0.0265. The summed E-state index contributed by atoms with van der Waals surface area (Å²) in [5.41, 5.74) is 8.65. The lowest BCUT2D eigenvalue weighted by molar-refractivity contribution is -0.135. The van der Waals surface area contributed by atoms with Crippen molar-refractivity contribution in [3.8, 4) is 11.1 Å². The van der Waals surface area contributed by atoms with Crippen molar-refractivity contribution in [3.63, 3.8) is 0 Å². The minimum absolute atomic E-state index is 0.0409. The number of esters is 3. The predicted molar refractivity (Wildman–Crippen MR) is 444 cm³/mol. The van der Waals surface area contributed by atoms with Crippen molar-refractivity contribution < 1.29 is 66.8 Å². The third-order valence-electron chi connectivity index (χ3n) is 20.5. The molecule has 6 aromatic carbocycles. The zero-order valence-electron chi connectivity index (χ0n) is 65.2. The van der Waals surface area contributed by atoms with E-state index in [1.165, 1.54) is 45.2 Å². The fourth-order valence-electron chi connectivity index (χ4n) is 14.2. The van der Waals surface area contributed by atoms with Gasteiger partial charge in [0.2, 0.25) is 23.6 Å². The third-order valence-corrected chi connectivity index (χ3v) is 22.0. The third kappa shape index (κ3) is 22.7. The first kappa shape index (κ1) is 83.0. The lowest BCUT2D eigenvalue weighted by Gasteiger charge is -2.41. The van der Waals surface area contributed by atoms with Crippen molar-refractivity contribution in [2.24, 2.45) is 24.8 Å². The van der Waals surface area contributed by atoms with Gasteiger partial charge in [-0.3, -0.25) is 23.9 Å². The summed E-state index contributed by atoms with van der Waals surface area (Å²) in [6, 6.07) is 46.6. The molecule has 3 saturated carbocycles.